The van der Waals surface area contributed by atoms with Crippen molar-refractivity contribution < 1.29 is 40.7 Å². The van der Waals surface area contributed by atoms with Gasteiger partial charge in [-0.2, -0.15) is 0 Å². The summed E-state index contributed by atoms with van der Waals surface area (Å²) in [6.07, 6.45) is 2.70. The minimum atomic E-state index is -1.68. The maximum absolute atomic E-state index is 6.64. The van der Waals surface area contributed by atoms with E-state index in [1.165, 1.54) is 0 Å². The topological polar surface area (TPSA) is 83.1 Å². The summed E-state index contributed by atoms with van der Waals surface area (Å²) in [5.74, 6) is 0.518. The van der Waals surface area contributed by atoms with Crippen molar-refractivity contribution in [2.24, 2.45) is 17.8 Å². The molecule has 0 radical (unpaired) electrons. The molecule has 1 aliphatic carbocycles. The highest BCUT2D eigenvalue weighted by Crippen LogP contribution is 2.48. The van der Waals surface area contributed by atoms with Gasteiger partial charge < -0.3 is 40.7 Å². The molecule has 0 aromatic heterocycles. The minimum Gasteiger partial charge on any atom is -0.312 e. The lowest BCUT2D eigenvalue weighted by Crippen LogP contribution is -2.32. The molecule has 7 rings (SSSR count). The smallest absolute Gasteiger partial charge is 0.312 e. The molecule has 6 aromatic carbocycles. The molecule has 0 aliphatic heterocycles. The molecular formula is C51H57O9P3. The predicted molar refractivity (Wildman–Crippen MR) is 250 cm³/mol. The molecule has 0 spiro atoms. The quantitative estimate of drug-likeness (QED) is 0.0469. The predicted octanol–water partition coefficient (Wildman–Crippen LogP) is 14.1. The van der Waals surface area contributed by atoms with Crippen molar-refractivity contribution >= 4 is 25.8 Å². The van der Waals surface area contributed by atoms with Crippen LogP contribution in [-0.4, -0.2) is 19.8 Å². The second-order valence-corrected chi connectivity index (χ2v) is 19.0. The Labute approximate surface area is 376 Å². The van der Waals surface area contributed by atoms with Crippen molar-refractivity contribution in [1.82, 2.24) is 0 Å². The van der Waals surface area contributed by atoms with E-state index in [0.717, 1.165) is 52.6 Å². The summed E-state index contributed by atoms with van der Waals surface area (Å²) in [6.45, 7) is 3.73. The van der Waals surface area contributed by atoms with Gasteiger partial charge >= 0.3 is 25.8 Å². The Morgan fingerprint density at radius 1 is 0.286 bits per heavy atom. The molecule has 63 heavy (non-hydrogen) atoms. The Hall–Kier alpha value is -3.75. The van der Waals surface area contributed by atoms with Gasteiger partial charge in [-0.05, 0) is 70.4 Å². The third-order valence-corrected chi connectivity index (χ3v) is 13.6. The highest BCUT2D eigenvalue weighted by atomic mass is 31.2. The monoisotopic (exact) mass is 906 g/mol. The fourth-order valence-electron chi connectivity index (χ4n) is 7.02. The zero-order valence-electron chi connectivity index (χ0n) is 35.6. The normalized spacial score (nSPS) is 16.5. The molecule has 1 saturated carbocycles. The summed E-state index contributed by atoms with van der Waals surface area (Å²) in [4.78, 5) is 0. The van der Waals surface area contributed by atoms with Crippen molar-refractivity contribution in [1.29, 1.82) is 0 Å². The summed E-state index contributed by atoms with van der Waals surface area (Å²) < 4.78 is 57.7. The van der Waals surface area contributed by atoms with Crippen LogP contribution >= 0.6 is 25.8 Å². The van der Waals surface area contributed by atoms with Gasteiger partial charge in [0, 0.05) is 0 Å². The fraction of sp³-hybridized carbons (Fsp3) is 0.294. The van der Waals surface area contributed by atoms with Crippen LogP contribution < -0.4 is 0 Å². The molecular weight excluding hydrogens is 849 g/mol. The molecule has 12 heteroatoms. The SMILES string of the molecule is c1ccc(COP(OCc2ccccc2)OC[C@H]2CC[C@@H](COP(OCc3ccccc3)OCc3ccccc3)[C@H](COP(OCc3ccccc3)OCc3ccccc3)C2)cc1. The van der Waals surface area contributed by atoms with Crippen LogP contribution in [0.5, 0.6) is 0 Å². The fourth-order valence-corrected chi connectivity index (χ4v) is 10.2. The van der Waals surface area contributed by atoms with Crippen LogP contribution in [0.4, 0.5) is 0 Å². The van der Waals surface area contributed by atoms with Crippen molar-refractivity contribution in [3.05, 3.63) is 215 Å². The van der Waals surface area contributed by atoms with Gasteiger partial charge in [0.2, 0.25) is 0 Å². The molecule has 0 saturated heterocycles. The van der Waals surface area contributed by atoms with E-state index < -0.39 is 25.8 Å². The zero-order chi connectivity index (χ0) is 43.0. The minimum absolute atomic E-state index is 0.111. The van der Waals surface area contributed by atoms with E-state index in [1.54, 1.807) is 0 Å². The second-order valence-electron chi connectivity index (χ2n) is 15.3. The number of benzene rings is 6. The van der Waals surface area contributed by atoms with Crippen LogP contribution in [0.2, 0.25) is 0 Å². The molecule has 9 nitrogen and oxygen atoms in total. The lowest BCUT2D eigenvalue weighted by molar-refractivity contribution is 0.0382. The average Bonchev–Trinajstić information content (AvgIpc) is 3.35. The van der Waals surface area contributed by atoms with Crippen LogP contribution in [-0.2, 0) is 80.4 Å². The second kappa shape index (κ2) is 27.5. The van der Waals surface area contributed by atoms with Gasteiger partial charge in [0.15, 0.2) is 0 Å². The number of rotatable bonds is 27. The van der Waals surface area contributed by atoms with E-state index in [9.17, 15) is 0 Å². The van der Waals surface area contributed by atoms with Gasteiger partial charge in [-0.1, -0.05) is 182 Å². The lowest BCUT2D eigenvalue weighted by atomic mass is 9.75. The third kappa shape index (κ3) is 17.6. The third-order valence-electron chi connectivity index (χ3n) is 10.5. The van der Waals surface area contributed by atoms with E-state index in [4.69, 9.17) is 40.7 Å². The first-order chi connectivity index (χ1) is 31.2. The molecule has 1 aliphatic rings. The highest BCUT2D eigenvalue weighted by molar-refractivity contribution is 7.42. The molecule has 6 aromatic rings. The van der Waals surface area contributed by atoms with Crippen molar-refractivity contribution in [2.45, 2.75) is 58.9 Å². The van der Waals surface area contributed by atoms with Crippen LogP contribution in [0.3, 0.4) is 0 Å². The average molecular weight is 907 g/mol. The van der Waals surface area contributed by atoms with Gasteiger partial charge in [-0.15, -0.1) is 0 Å². The summed E-state index contributed by atoms with van der Waals surface area (Å²) in [5, 5.41) is 0. The molecule has 0 bridgehead atoms. The Kier molecular flexibility index (Phi) is 20.6. The molecule has 0 N–H and O–H groups in total. The van der Waals surface area contributed by atoms with Crippen LogP contribution in [0.25, 0.3) is 0 Å². The molecule has 1 fully saturated rings. The summed E-state index contributed by atoms with van der Waals surface area (Å²) in [5.41, 5.74) is 6.36. The van der Waals surface area contributed by atoms with Gasteiger partial charge in [0.05, 0.1) is 59.5 Å². The van der Waals surface area contributed by atoms with E-state index in [1.807, 2.05) is 182 Å². The first kappa shape index (κ1) is 47.2. The molecule has 0 amide bonds. The molecule has 0 heterocycles. The highest BCUT2D eigenvalue weighted by Gasteiger charge is 2.34. The van der Waals surface area contributed by atoms with Gasteiger partial charge in [-0.3, -0.25) is 0 Å². The maximum Gasteiger partial charge on any atom is 0.333 e. The van der Waals surface area contributed by atoms with Gasteiger partial charge in [0.25, 0.3) is 0 Å². The van der Waals surface area contributed by atoms with Crippen molar-refractivity contribution in [3.8, 4) is 0 Å². The zero-order valence-corrected chi connectivity index (χ0v) is 38.2. The van der Waals surface area contributed by atoms with Gasteiger partial charge in [-0.25, -0.2) is 0 Å². The van der Waals surface area contributed by atoms with E-state index in [0.29, 0.717) is 59.5 Å². The van der Waals surface area contributed by atoms with Crippen LogP contribution in [0.15, 0.2) is 182 Å². The van der Waals surface area contributed by atoms with Gasteiger partial charge in [0.1, 0.15) is 0 Å². The van der Waals surface area contributed by atoms with E-state index >= 15 is 0 Å². The summed E-state index contributed by atoms with van der Waals surface area (Å²) in [7, 11) is -4.95. The largest absolute Gasteiger partial charge is 0.333 e. The first-order valence-electron chi connectivity index (χ1n) is 21.5. The summed E-state index contributed by atoms with van der Waals surface area (Å²) in [6, 6.07) is 60.7. The first-order valence-corrected chi connectivity index (χ1v) is 24.8. The summed E-state index contributed by atoms with van der Waals surface area (Å²) >= 11 is 0. The van der Waals surface area contributed by atoms with Crippen LogP contribution in [0.1, 0.15) is 52.6 Å². The Morgan fingerprint density at radius 3 is 0.825 bits per heavy atom. The molecule has 330 valence electrons. The number of hydrogen-bond acceptors (Lipinski definition) is 9. The Balaban J connectivity index is 1.02. The van der Waals surface area contributed by atoms with Crippen molar-refractivity contribution in [3.63, 3.8) is 0 Å². The standard InChI is InChI=1S/C51H57O9P3/c1-7-19-43(20-8-1)34-52-61(53-35-44-21-9-2-10-22-44)58-40-49-31-32-50(41-59-62(54-36-45-23-11-3-12-24-45)55-37-46-25-13-4-14-26-46)51(33-49)42-60-63(56-38-47-27-15-5-16-28-47)57-39-48-29-17-6-18-30-48/h1-30,49-51H,31-42H2/t49-,50-,51-/m0/s1. The van der Waals surface area contributed by atoms with E-state index in [-0.39, 0.29) is 17.8 Å². The Morgan fingerprint density at radius 2 is 0.540 bits per heavy atom. The molecule has 3 atom stereocenters. The lowest BCUT2D eigenvalue weighted by Gasteiger charge is -2.36. The maximum atomic E-state index is 6.64. The molecule has 0 unspecified atom stereocenters. The Bertz CT molecular complexity index is 1950. The number of hydrogen-bond donors (Lipinski definition) is 0. The van der Waals surface area contributed by atoms with Crippen LogP contribution in [0, 0.1) is 17.8 Å². The van der Waals surface area contributed by atoms with E-state index in [2.05, 4.69) is 0 Å². The van der Waals surface area contributed by atoms with Crippen molar-refractivity contribution in [2.75, 3.05) is 19.8 Å².